The van der Waals surface area contributed by atoms with Crippen molar-refractivity contribution in [1.82, 2.24) is 9.71 Å². The van der Waals surface area contributed by atoms with E-state index in [9.17, 15) is 8.42 Å². The molecule has 0 aliphatic rings. The van der Waals surface area contributed by atoms with Crippen molar-refractivity contribution in [2.75, 3.05) is 38.7 Å². The molecule has 0 spiro atoms. The Hall–Kier alpha value is -1.38. The van der Waals surface area contributed by atoms with E-state index in [-0.39, 0.29) is 10.8 Å². The second kappa shape index (κ2) is 8.03. The number of ether oxygens (including phenoxy) is 2. The van der Waals surface area contributed by atoms with Crippen LogP contribution in [-0.4, -0.2) is 46.8 Å². The van der Waals surface area contributed by atoms with Crippen LogP contribution in [0.4, 0.5) is 5.69 Å². The minimum absolute atomic E-state index is 0.114. The van der Waals surface area contributed by atoms with Crippen LogP contribution >= 0.6 is 0 Å². The van der Waals surface area contributed by atoms with Crippen LogP contribution in [-0.2, 0) is 14.8 Å². The molecule has 0 fully saturated rings. The maximum atomic E-state index is 12.1. The van der Waals surface area contributed by atoms with Crippen molar-refractivity contribution in [2.45, 2.75) is 18.7 Å². The first kappa shape index (κ1) is 16.7. The van der Waals surface area contributed by atoms with E-state index >= 15 is 0 Å². The van der Waals surface area contributed by atoms with E-state index in [1.165, 1.54) is 19.4 Å². The molecule has 1 rings (SSSR count). The Morgan fingerprint density at radius 1 is 1.35 bits per heavy atom. The van der Waals surface area contributed by atoms with E-state index in [2.05, 4.69) is 15.0 Å². The van der Waals surface area contributed by atoms with Gasteiger partial charge in [-0.25, -0.2) is 18.1 Å². The number of rotatable bonds is 9. The van der Waals surface area contributed by atoms with Gasteiger partial charge in [-0.2, -0.15) is 0 Å². The van der Waals surface area contributed by atoms with Gasteiger partial charge in [-0.05, 0) is 6.92 Å². The van der Waals surface area contributed by atoms with Crippen LogP contribution in [0.15, 0.2) is 17.2 Å². The summed E-state index contributed by atoms with van der Waals surface area (Å²) in [5.41, 5.74) is 0.423. The third kappa shape index (κ3) is 4.62. The van der Waals surface area contributed by atoms with Gasteiger partial charge in [0.2, 0.25) is 15.9 Å². The monoisotopic (exact) mass is 303 g/mol. The van der Waals surface area contributed by atoms with Crippen LogP contribution in [0.5, 0.6) is 5.88 Å². The number of nitrogens with one attached hydrogen (secondary N) is 2. The van der Waals surface area contributed by atoms with Gasteiger partial charge in [-0.3, -0.25) is 0 Å². The number of methoxy groups -OCH3 is 1. The minimum Gasteiger partial charge on any atom is -0.481 e. The maximum absolute atomic E-state index is 12.1. The topological polar surface area (TPSA) is 89.6 Å². The molecule has 0 saturated carbocycles. The molecule has 0 bridgehead atoms. The Morgan fingerprint density at radius 3 is 2.70 bits per heavy atom. The smallest absolute Gasteiger partial charge is 0.242 e. The summed E-state index contributed by atoms with van der Waals surface area (Å²) in [6.07, 6.45) is 1.44. The first-order chi connectivity index (χ1) is 9.55. The summed E-state index contributed by atoms with van der Waals surface area (Å²) in [5.74, 6) is 0.247. The van der Waals surface area contributed by atoms with Crippen molar-refractivity contribution in [3.05, 3.63) is 12.3 Å². The molecule has 0 radical (unpaired) electrons. The summed E-state index contributed by atoms with van der Waals surface area (Å²) < 4.78 is 36.9. The summed E-state index contributed by atoms with van der Waals surface area (Å²) in [5, 5.41) is 3.00. The van der Waals surface area contributed by atoms with Gasteiger partial charge in [0.15, 0.2) is 0 Å². The zero-order valence-corrected chi connectivity index (χ0v) is 12.8. The zero-order valence-electron chi connectivity index (χ0n) is 12.0. The lowest BCUT2D eigenvalue weighted by atomic mass is 10.4. The molecule has 0 unspecified atom stereocenters. The van der Waals surface area contributed by atoms with Gasteiger partial charge in [0, 0.05) is 25.8 Å². The van der Waals surface area contributed by atoms with Crippen molar-refractivity contribution in [3.63, 3.8) is 0 Å². The summed E-state index contributed by atoms with van der Waals surface area (Å²) in [6.45, 7) is 5.53. The second-order valence-electron chi connectivity index (χ2n) is 3.85. The molecule has 0 aromatic carbocycles. The molecular formula is C12H21N3O4S. The lowest BCUT2D eigenvalue weighted by Crippen LogP contribution is -2.25. The molecule has 0 saturated heterocycles. The molecular weight excluding hydrogens is 282 g/mol. The number of anilines is 1. The molecule has 7 nitrogen and oxygen atoms in total. The van der Waals surface area contributed by atoms with Gasteiger partial charge >= 0.3 is 0 Å². The Morgan fingerprint density at radius 2 is 2.10 bits per heavy atom. The summed E-state index contributed by atoms with van der Waals surface area (Å²) in [6, 6.07) is 1.39. The maximum Gasteiger partial charge on any atom is 0.242 e. The minimum atomic E-state index is -3.59. The Bertz CT molecular complexity index is 519. The standard InChI is InChI=1S/C12H21N3O4S/c1-4-15-20(16,17)11-8-12(18-3)14-9-10(11)13-6-7-19-5-2/h8-9,13,15H,4-7H2,1-3H3. The molecule has 0 aliphatic carbocycles. The molecule has 20 heavy (non-hydrogen) atoms. The zero-order chi connectivity index (χ0) is 15.0. The summed E-state index contributed by atoms with van der Waals surface area (Å²) >= 11 is 0. The predicted octanol–water partition coefficient (Wildman–Crippen LogP) is 0.837. The van der Waals surface area contributed by atoms with Crippen molar-refractivity contribution in [1.29, 1.82) is 0 Å². The van der Waals surface area contributed by atoms with Crippen LogP contribution in [0.2, 0.25) is 0 Å². The fourth-order valence-electron chi connectivity index (χ4n) is 1.56. The average molecular weight is 303 g/mol. The highest BCUT2D eigenvalue weighted by atomic mass is 32.2. The normalized spacial score (nSPS) is 11.3. The fourth-order valence-corrected chi connectivity index (χ4v) is 2.76. The fraction of sp³-hybridized carbons (Fsp3) is 0.583. The Balaban J connectivity index is 2.98. The van der Waals surface area contributed by atoms with Crippen LogP contribution < -0.4 is 14.8 Å². The van der Waals surface area contributed by atoms with Crippen molar-refractivity contribution in [2.24, 2.45) is 0 Å². The SMILES string of the molecule is CCNS(=O)(=O)c1cc(OC)ncc1NCCOCC. The number of sulfonamides is 1. The van der Waals surface area contributed by atoms with E-state index in [0.29, 0.717) is 32.0 Å². The van der Waals surface area contributed by atoms with Crippen molar-refractivity contribution < 1.29 is 17.9 Å². The number of pyridine rings is 1. The number of nitrogens with zero attached hydrogens (tertiary/aromatic N) is 1. The Labute approximate surface area is 119 Å². The molecule has 0 atom stereocenters. The predicted molar refractivity (Wildman–Crippen MR) is 76.6 cm³/mol. The van der Waals surface area contributed by atoms with E-state index < -0.39 is 10.0 Å². The van der Waals surface area contributed by atoms with E-state index in [4.69, 9.17) is 9.47 Å². The van der Waals surface area contributed by atoms with E-state index in [1.807, 2.05) is 6.92 Å². The van der Waals surface area contributed by atoms with Crippen LogP contribution in [0.25, 0.3) is 0 Å². The quantitative estimate of drug-likeness (QED) is 0.657. The Kier molecular flexibility index (Phi) is 6.69. The van der Waals surface area contributed by atoms with Gasteiger partial charge in [0.05, 0.1) is 25.6 Å². The average Bonchev–Trinajstić information content (AvgIpc) is 2.43. The lowest BCUT2D eigenvalue weighted by Gasteiger charge is -2.13. The lowest BCUT2D eigenvalue weighted by molar-refractivity contribution is 0.158. The highest BCUT2D eigenvalue weighted by Crippen LogP contribution is 2.23. The molecule has 2 N–H and O–H groups in total. The van der Waals surface area contributed by atoms with Gasteiger partial charge in [-0.1, -0.05) is 6.92 Å². The molecule has 114 valence electrons. The largest absolute Gasteiger partial charge is 0.481 e. The van der Waals surface area contributed by atoms with Gasteiger partial charge in [-0.15, -0.1) is 0 Å². The number of hydrogen-bond acceptors (Lipinski definition) is 6. The summed E-state index contributed by atoms with van der Waals surface area (Å²) in [4.78, 5) is 4.13. The second-order valence-corrected chi connectivity index (χ2v) is 5.58. The molecule has 1 heterocycles. The first-order valence-electron chi connectivity index (χ1n) is 6.40. The third-order valence-corrected chi connectivity index (χ3v) is 4.03. The van der Waals surface area contributed by atoms with Crippen molar-refractivity contribution >= 4 is 15.7 Å². The molecule has 1 aromatic heterocycles. The molecule has 0 aliphatic heterocycles. The third-order valence-electron chi connectivity index (χ3n) is 2.44. The van der Waals surface area contributed by atoms with E-state index in [0.717, 1.165) is 0 Å². The number of hydrogen-bond donors (Lipinski definition) is 2. The van der Waals surface area contributed by atoms with Gasteiger partial charge in [0.25, 0.3) is 0 Å². The summed E-state index contributed by atoms with van der Waals surface area (Å²) in [7, 11) is -2.15. The van der Waals surface area contributed by atoms with Crippen LogP contribution in [0.1, 0.15) is 13.8 Å². The first-order valence-corrected chi connectivity index (χ1v) is 7.88. The molecule has 8 heteroatoms. The van der Waals surface area contributed by atoms with Crippen LogP contribution in [0, 0.1) is 0 Å². The van der Waals surface area contributed by atoms with Crippen LogP contribution in [0.3, 0.4) is 0 Å². The van der Waals surface area contributed by atoms with Gasteiger partial charge in [0.1, 0.15) is 4.90 Å². The highest BCUT2D eigenvalue weighted by molar-refractivity contribution is 7.89. The van der Waals surface area contributed by atoms with Crippen molar-refractivity contribution in [3.8, 4) is 5.88 Å². The van der Waals surface area contributed by atoms with E-state index in [1.54, 1.807) is 6.92 Å². The number of aromatic nitrogens is 1. The van der Waals surface area contributed by atoms with Gasteiger partial charge < -0.3 is 14.8 Å². The molecule has 1 aromatic rings. The molecule has 0 amide bonds. The highest BCUT2D eigenvalue weighted by Gasteiger charge is 2.19.